The number of nitrogens with one attached hydrogen (secondary N) is 1. The van der Waals surface area contributed by atoms with Crippen molar-refractivity contribution in [2.45, 2.75) is 46.2 Å². The first kappa shape index (κ1) is 19.3. The van der Waals surface area contributed by atoms with Crippen LogP contribution in [0.5, 0.6) is 0 Å². The fourth-order valence-corrected chi connectivity index (χ4v) is 3.26. The van der Waals surface area contributed by atoms with Crippen LogP contribution in [0, 0.1) is 6.92 Å². The third kappa shape index (κ3) is 4.82. The topological polar surface area (TPSA) is 79.2 Å². The van der Waals surface area contributed by atoms with E-state index in [1.165, 1.54) is 5.56 Å². The Kier molecular flexibility index (Phi) is 6.39. The van der Waals surface area contributed by atoms with Crippen LogP contribution in [0.4, 0.5) is 4.79 Å². The zero-order chi connectivity index (χ0) is 19.2. The number of aromatic nitrogens is 4. The average Bonchev–Trinajstić information content (AvgIpc) is 3.15. The van der Waals surface area contributed by atoms with E-state index in [0.29, 0.717) is 6.54 Å². The smallest absolute Gasteiger partial charge is 0.317 e. The summed E-state index contributed by atoms with van der Waals surface area (Å²) in [5.41, 5.74) is 2.17. The Morgan fingerprint density at radius 1 is 1.11 bits per heavy atom. The molecule has 1 aromatic carbocycles. The molecule has 2 heterocycles. The van der Waals surface area contributed by atoms with Gasteiger partial charge in [0.05, 0.1) is 12.2 Å². The quantitative estimate of drug-likeness (QED) is 0.840. The van der Waals surface area contributed by atoms with E-state index in [9.17, 15) is 4.79 Å². The molecule has 0 bridgehead atoms. The van der Waals surface area contributed by atoms with Crippen molar-refractivity contribution in [2.24, 2.45) is 0 Å². The minimum absolute atomic E-state index is 0.0489. The molecule has 2 aromatic rings. The molecule has 2 amide bonds. The predicted octanol–water partition coefficient (Wildman–Crippen LogP) is 1.99. The Balaban J connectivity index is 1.55. The van der Waals surface area contributed by atoms with Gasteiger partial charge in [-0.05, 0) is 42.3 Å². The number of amides is 2. The minimum Gasteiger partial charge on any atom is -0.335 e. The maximum absolute atomic E-state index is 12.4. The van der Waals surface area contributed by atoms with Crippen molar-refractivity contribution in [3.8, 4) is 5.69 Å². The van der Waals surface area contributed by atoms with Crippen molar-refractivity contribution >= 4 is 6.03 Å². The van der Waals surface area contributed by atoms with Gasteiger partial charge in [0.2, 0.25) is 0 Å². The fourth-order valence-electron chi connectivity index (χ4n) is 3.26. The SMILES string of the molecule is CCC(CC)NC(=O)N1CCN(Cc2nnnn2-c2ccc(C)cc2)CC1. The standard InChI is InChI=1S/C19H29N7O/c1-4-16(5-2)20-19(27)25-12-10-24(11-13-25)14-18-21-22-23-26(18)17-8-6-15(3)7-9-17/h6-9,16H,4-5,10-14H2,1-3H3,(H,20,27). The number of carbonyl (C=O) groups is 1. The van der Waals surface area contributed by atoms with Gasteiger partial charge in [0.25, 0.3) is 0 Å². The molecule has 1 aromatic heterocycles. The summed E-state index contributed by atoms with van der Waals surface area (Å²) < 4.78 is 1.78. The molecule has 8 nitrogen and oxygen atoms in total. The molecule has 0 radical (unpaired) electrons. The lowest BCUT2D eigenvalue weighted by molar-refractivity contribution is 0.130. The van der Waals surface area contributed by atoms with Gasteiger partial charge >= 0.3 is 6.03 Å². The van der Waals surface area contributed by atoms with Gasteiger partial charge in [-0.1, -0.05) is 31.5 Å². The lowest BCUT2D eigenvalue weighted by Gasteiger charge is -2.35. The molecule has 3 rings (SSSR count). The average molecular weight is 371 g/mol. The molecule has 8 heteroatoms. The second-order valence-electron chi connectivity index (χ2n) is 7.07. The first-order valence-corrected chi connectivity index (χ1v) is 9.72. The zero-order valence-corrected chi connectivity index (χ0v) is 16.4. The first-order valence-electron chi connectivity index (χ1n) is 9.72. The molecule has 1 fully saturated rings. The van der Waals surface area contributed by atoms with Gasteiger partial charge in [-0.2, -0.15) is 4.68 Å². The van der Waals surface area contributed by atoms with Crippen LogP contribution in [0.2, 0.25) is 0 Å². The van der Waals surface area contributed by atoms with E-state index in [1.54, 1.807) is 4.68 Å². The molecule has 1 aliphatic heterocycles. The molecule has 146 valence electrons. The van der Waals surface area contributed by atoms with Gasteiger partial charge in [-0.25, -0.2) is 4.79 Å². The molecule has 0 aliphatic carbocycles. The third-order valence-corrected chi connectivity index (χ3v) is 5.15. The number of rotatable bonds is 6. The molecular weight excluding hydrogens is 342 g/mol. The molecule has 1 aliphatic rings. The van der Waals surface area contributed by atoms with Crippen LogP contribution in [0.1, 0.15) is 38.1 Å². The molecule has 0 spiro atoms. The summed E-state index contributed by atoms with van der Waals surface area (Å²) >= 11 is 0. The van der Waals surface area contributed by atoms with E-state index in [-0.39, 0.29) is 12.1 Å². The molecular formula is C19H29N7O. The van der Waals surface area contributed by atoms with E-state index in [0.717, 1.165) is 50.5 Å². The highest BCUT2D eigenvalue weighted by atomic mass is 16.2. The monoisotopic (exact) mass is 371 g/mol. The number of urea groups is 1. The molecule has 1 saturated heterocycles. The van der Waals surface area contributed by atoms with Crippen LogP contribution in [0.15, 0.2) is 24.3 Å². The summed E-state index contributed by atoms with van der Waals surface area (Å²) in [4.78, 5) is 16.6. The van der Waals surface area contributed by atoms with Crippen molar-refractivity contribution in [2.75, 3.05) is 26.2 Å². The number of hydrogen-bond donors (Lipinski definition) is 1. The molecule has 0 saturated carbocycles. The maximum atomic E-state index is 12.4. The highest BCUT2D eigenvalue weighted by molar-refractivity contribution is 5.74. The predicted molar refractivity (Wildman–Crippen MR) is 104 cm³/mol. The van der Waals surface area contributed by atoms with Crippen LogP contribution in [0.25, 0.3) is 5.69 Å². The lowest BCUT2D eigenvalue weighted by atomic mass is 10.2. The highest BCUT2D eigenvalue weighted by Gasteiger charge is 2.23. The van der Waals surface area contributed by atoms with Crippen molar-refractivity contribution in [1.82, 2.24) is 35.3 Å². The van der Waals surface area contributed by atoms with E-state index in [4.69, 9.17) is 0 Å². The molecule has 0 atom stereocenters. The van der Waals surface area contributed by atoms with Crippen molar-refractivity contribution in [3.63, 3.8) is 0 Å². The van der Waals surface area contributed by atoms with E-state index < -0.39 is 0 Å². The summed E-state index contributed by atoms with van der Waals surface area (Å²) in [6.45, 7) is 10.0. The second-order valence-corrected chi connectivity index (χ2v) is 7.07. The Morgan fingerprint density at radius 3 is 2.41 bits per heavy atom. The van der Waals surface area contributed by atoms with E-state index in [2.05, 4.69) is 58.6 Å². The van der Waals surface area contributed by atoms with Crippen LogP contribution in [-0.4, -0.2) is 68.3 Å². The summed E-state index contributed by atoms with van der Waals surface area (Å²) in [5, 5.41) is 15.3. The molecule has 0 unspecified atom stereocenters. The third-order valence-electron chi connectivity index (χ3n) is 5.15. The second kappa shape index (κ2) is 8.94. The van der Waals surface area contributed by atoms with Gasteiger partial charge in [0.1, 0.15) is 0 Å². The van der Waals surface area contributed by atoms with Crippen LogP contribution >= 0.6 is 0 Å². The highest BCUT2D eigenvalue weighted by Crippen LogP contribution is 2.12. The summed E-state index contributed by atoms with van der Waals surface area (Å²) in [6.07, 6.45) is 1.92. The van der Waals surface area contributed by atoms with E-state index >= 15 is 0 Å². The number of aryl methyl sites for hydroxylation is 1. The molecule has 1 N–H and O–H groups in total. The molecule has 27 heavy (non-hydrogen) atoms. The number of piperazine rings is 1. The Hall–Kier alpha value is -2.48. The normalized spacial score (nSPS) is 15.3. The Bertz CT molecular complexity index is 731. The van der Waals surface area contributed by atoms with Gasteiger partial charge < -0.3 is 10.2 Å². The van der Waals surface area contributed by atoms with Crippen molar-refractivity contribution in [1.29, 1.82) is 0 Å². The van der Waals surface area contributed by atoms with Gasteiger partial charge in [0, 0.05) is 32.2 Å². The first-order chi connectivity index (χ1) is 13.1. The maximum Gasteiger partial charge on any atom is 0.317 e. The largest absolute Gasteiger partial charge is 0.335 e. The number of benzene rings is 1. The van der Waals surface area contributed by atoms with Crippen LogP contribution < -0.4 is 5.32 Å². The lowest BCUT2D eigenvalue weighted by Crippen LogP contribution is -2.53. The van der Waals surface area contributed by atoms with E-state index in [1.807, 2.05) is 17.0 Å². The van der Waals surface area contributed by atoms with Crippen molar-refractivity contribution < 1.29 is 4.79 Å². The minimum atomic E-state index is 0.0489. The number of tetrazole rings is 1. The zero-order valence-electron chi connectivity index (χ0n) is 16.4. The summed E-state index contributed by atoms with van der Waals surface area (Å²) in [7, 11) is 0. The summed E-state index contributed by atoms with van der Waals surface area (Å²) in [5.74, 6) is 0.814. The Labute approximate surface area is 160 Å². The number of hydrogen-bond acceptors (Lipinski definition) is 5. The van der Waals surface area contributed by atoms with Gasteiger partial charge in [-0.15, -0.1) is 5.10 Å². The van der Waals surface area contributed by atoms with Gasteiger partial charge in [-0.3, -0.25) is 4.90 Å². The summed E-state index contributed by atoms with van der Waals surface area (Å²) in [6, 6.07) is 8.46. The Morgan fingerprint density at radius 2 is 1.78 bits per heavy atom. The number of carbonyl (C=O) groups excluding carboxylic acids is 1. The van der Waals surface area contributed by atoms with Crippen molar-refractivity contribution in [3.05, 3.63) is 35.7 Å². The number of nitrogens with zero attached hydrogens (tertiary/aromatic N) is 6. The fraction of sp³-hybridized carbons (Fsp3) is 0.579. The van der Waals surface area contributed by atoms with Crippen LogP contribution in [0.3, 0.4) is 0 Å². The van der Waals surface area contributed by atoms with Crippen LogP contribution in [-0.2, 0) is 6.54 Å². The van der Waals surface area contributed by atoms with Gasteiger partial charge in [0.15, 0.2) is 5.82 Å².